The molecule has 88 valence electrons. The normalized spacial score (nSPS) is 14.3. The van der Waals surface area contributed by atoms with Crippen molar-refractivity contribution in [3.05, 3.63) is 12.7 Å². The lowest BCUT2D eigenvalue weighted by Crippen LogP contribution is -2.32. The number of amides is 1. The van der Waals surface area contributed by atoms with Gasteiger partial charge in [-0.25, -0.2) is 0 Å². The van der Waals surface area contributed by atoms with Gasteiger partial charge in [-0.1, -0.05) is 13.0 Å². The molecule has 2 atom stereocenters. The van der Waals surface area contributed by atoms with E-state index in [0.717, 1.165) is 19.3 Å². The van der Waals surface area contributed by atoms with Crippen LogP contribution in [0, 0.1) is 5.92 Å². The van der Waals surface area contributed by atoms with Crippen LogP contribution in [0.25, 0.3) is 0 Å². The Morgan fingerprint density at radius 1 is 1.47 bits per heavy atom. The molecular weight excluding hydrogens is 188 g/mol. The SMILES string of the molecule is C=CCC(C)NC(=O)CCC(C)CCN. The molecule has 0 aliphatic carbocycles. The van der Waals surface area contributed by atoms with Gasteiger partial charge < -0.3 is 11.1 Å². The van der Waals surface area contributed by atoms with E-state index in [-0.39, 0.29) is 11.9 Å². The molecule has 0 radical (unpaired) electrons. The molecule has 0 aromatic rings. The molecule has 0 heterocycles. The maximum atomic E-state index is 11.5. The zero-order valence-corrected chi connectivity index (χ0v) is 9.96. The third kappa shape index (κ3) is 8.18. The molecule has 0 rings (SSSR count). The van der Waals surface area contributed by atoms with Crippen molar-refractivity contribution in [3.63, 3.8) is 0 Å². The van der Waals surface area contributed by atoms with Gasteiger partial charge in [-0.05, 0) is 38.6 Å². The Balaban J connectivity index is 3.60. The lowest BCUT2D eigenvalue weighted by molar-refractivity contribution is -0.121. The number of carbonyl (C=O) groups is 1. The number of nitrogens with two attached hydrogens (primary N) is 1. The summed E-state index contributed by atoms with van der Waals surface area (Å²) in [5.74, 6) is 0.670. The van der Waals surface area contributed by atoms with Gasteiger partial charge in [0.15, 0.2) is 0 Å². The van der Waals surface area contributed by atoms with E-state index in [2.05, 4.69) is 18.8 Å². The molecule has 3 nitrogen and oxygen atoms in total. The zero-order chi connectivity index (χ0) is 11.7. The molecule has 0 saturated carbocycles. The summed E-state index contributed by atoms with van der Waals surface area (Å²) in [4.78, 5) is 11.5. The van der Waals surface area contributed by atoms with Crippen molar-refractivity contribution in [2.24, 2.45) is 11.7 Å². The smallest absolute Gasteiger partial charge is 0.220 e. The van der Waals surface area contributed by atoms with Crippen molar-refractivity contribution in [3.8, 4) is 0 Å². The fourth-order valence-electron chi connectivity index (χ4n) is 1.46. The van der Waals surface area contributed by atoms with Crippen molar-refractivity contribution in [2.45, 2.75) is 45.6 Å². The van der Waals surface area contributed by atoms with Crippen LogP contribution in [0.15, 0.2) is 12.7 Å². The molecule has 15 heavy (non-hydrogen) atoms. The predicted octanol–water partition coefficient (Wildman–Crippen LogP) is 1.83. The van der Waals surface area contributed by atoms with Crippen LogP contribution in [0.4, 0.5) is 0 Å². The molecule has 2 unspecified atom stereocenters. The Morgan fingerprint density at radius 3 is 2.67 bits per heavy atom. The van der Waals surface area contributed by atoms with Crippen LogP contribution < -0.4 is 11.1 Å². The van der Waals surface area contributed by atoms with Gasteiger partial charge in [0.05, 0.1) is 0 Å². The highest BCUT2D eigenvalue weighted by Gasteiger charge is 2.08. The van der Waals surface area contributed by atoms with Gasteiger partial charge in [-0.2, -0.15) is 0 Å². The van der Waals surface area contributed by atoms with Crippen molar-refractivity contribution >= 4 is 5.91 Å². The van der Waals surface area contributed by atoms with E-state index in [1.165, 1.54) is 0 Å². The Kier molecular flexibility index (Phi) is 8.01. The zero-order valence-electron chi connectivity index (χ0n) is 9.96. The first-order chi connectivity index (χ1) is 7.10. The van der Waals surface area contributed by atoms with Crippen LogP contribution in [-0.2, 0) is 4.79 Å². The molecule has 0 saturated heterocycles. The average molecular weight is 212 g/mol. The maximum Gasteiger partial charge on any atom is 0.220 e. The molecule has 0 aromatic heterocycles. The van der Waals surface area contributed by atoms with Crippen molar-refractivity contribution in [1.29, 1.82) is 0 Å². The van der Waals surface area contributed by atoms with Crippen molar-refractivity contribution < 1.29 is 4.79 Å². The van der Waals surface area contributed by atoms with E-state index in [9.17, 15) is 4.79 Å². The third-order valence-electron chi connectivity index (χ3n) is 2.45. The monoisotopic (exact) mass is 212 g/mol. The van der Waals surface area contributed by atoms with E-state index in [0.29, 0.717) is 18.9 Å². The Labute approximate surface area is 93.1 Å². The molecule has 0 bridgehead atoms. The molecule has 0 fully saturated rings. The van der Waals surface area contributed by atoms with E-state index in [4.69, 9.17) is 5.73 Å². The highest BCUT2D eigenvalue weighted by atomic mass is 16.1. The number of hydrogen-bond acceptors (Lipinski definition) is 2. The van der Waals surface area contributed by atoms with Gasteiger partial charge in [-0.3, -0.25) is 4.79 Å². The number of rotatable bonds is 8. The van der Waals surface area contributed by atoms with Crippen LogP contribution in [0.3, 0.4) is 0 Å². The molecule has 1 amide bonds. The topological polar surface area (TPSA) is 55.1 Å². The summed E-state index contributed by atoms with van der Waals surface area (Å²) >= 11 is 0. The summed E-state index contributed by atoms with van der Waals surface area (Å²) in [5.41, 5.74) is 5.44. The maximum absolute atomic E-state index is 11.5. The summed E-state index contributed by atoms with van der Waals surface area (Å²) in [7, 11) is 0. The summed E-state index contributed by atoms with van der Waals surface area (Å²) in [5, 5.41) is 2.94. The minimum atomic E-state index is 0.133. The molecule has 0 spiro atoms. The van der Waals surface area contributed by atoms with E-state index in [1.807, 2.05) is 13.0 Å². The van der Waals surface area contributed by atoms with Gasteiger partial charge >= 0.3 is 0 Å². The number of carbonyl (C=O) groups excluding carboxylic acids is 1. The molecule has 0 aliphatic heterocycles. The minimum absolute atomic E-state index is 0.133. The van der Waals surface area contributed by atoms with Gasteiger partial charge in [-0.15, -0.1) is 6.58 Å². The van der Waals surface area contributed by atoms with Crippen molar-refractivity contribution in [1.82, 2.24) is 5.32 Å². The molecule has 0 aliphatic rings. The number of hydrogen-bond donors (Lipinski definition) is 2. The van der Waals surface area contributed by atoms with Gasteiger partial charge in [0, 0.05) is 12.5 Å². The first-order valence-corrected chi connectivity index (χ1v) is 5.70. The Morgan fingerprint density at radius 2 is 2.13 bits per heavy atom. The lowest BCUT2D eigenvalue weighted by atomic mass is 10.0. The van der Waals surface area contributed by atoms with Crippen LogP contribution >= 0.6 is 0 Å². The first-order valence-electron chi connectivity index (χ1n) is 5.70. The van der Waals surface area contributed by atoms with E-state index >= 15 is 0 Å². The highest BCUT2D eigenvalue weighted by Crippen LogP contribution is 2.08. The van der Waals surface area contributed by atoms with E-state index < -0.39 is 0 Å². The quantitative estimate of drug-likeness (QED) is 0.603. The standard InChI is InChI=1S/C12H24N2O/c1-4-5-11(3)14-12(15)7-6-10(2)8-9-13/h4,10-11H,1,5-9,13H2,2-3H3,(H,14,15). The van der Waals surface area contributed by atoms with Crippen LogP contribution in [0.2, 0.25) is 0 Å². The third-order valence-corrected chi connectivity index (χ3v) is 2.45. The summed E-state index contributed by atoms with van der Waals surface area (Å²) < 4.78 is 0. The van der Waals surface area contributed by atoms with Crippen LogP contribution in [-0.4, -0.2) is 18.5 Å². The highest BCUT2D eigenvalue weighted by molar-refractivity contribution is 5.76. The predicted molar refractivity (Wildman–Crippen MR) is 64.5 cm³/mol. The fourth-order valence-corrected chi connectivity index (χ4v) is 1.46. The molecular formula is C12H24N2O. The average Bonchev–Trinajstić information content (AvgIpc) is 2.15. The second-order valence-corrected chi connectivity index (χ2v) is 4.21. The minimum Gasteiger partial charge on any atom is -0.353 e. The van der Waals surface area contributed by atoms with Gasteiger partial charge in [0.2, 0.25) is 5.91 Å². The molecule has 3 heteroatoms. The number of nitrogens with one attached hydrogen (secondary N) is 1. The molecule has 0 aromatic carbocycles. The van der Waals surface area contributed by atoms with Gasteiger partial charge in [0.25, 0.3) is 0 Å². The second kappa shape index (κ2) is 8.48. The van der Waals surface area contributed by atoms with Crippen LogP contribution in [0.1, 0.15) is 39.5 Å². The van der Waals surface area contributed by atoms with Gasteiger partial charge in [0.1, 0.15) is 0 Å². The second-order valence-electron chi connectivity index (χ2n) is 4.21. The molecule has 3 N–H and O–H groups in total. The summed E-state index contributed by atoms with van der Waals surface area (Å²) in [6, 6.07) is 0.194. The first kappa shape index (κ1) is 14.2. The fraction of sp³-hybridized carbons (Fsp3) is 0.750. The Hall–Kier alpha value is -0.830. The van der Waals surface area contributed by atoms with E-state index in [1.54, 1.807) is 0 Å². The van der Waals surface area contributed by atoms with Crippen molar-refractivity contribution in [2.75, 3.05) is 6.54 Å². The largest absolute Gasteiger partial charge is 0.353 e. The lowest BCUT2D eigenvalue weighted by Gasteiger charge is -2.13. The Bertz CT molecular complexity index is 192. The van der Waals surface area contributed by atoms with Crippen LogP contribution in [0.5, 0.6) is 0 Å². The summed E-state index contributed by atoms with van der Waals surface area (Å²) in [6.07, 6.45) is 5.16. The summed E-state index contributed by atoms with van der Waals surface area (Å²) in [6.45, 7) is 8.47.